The molecule has 3 heterocycles. The molecular formula is C33H32N4OS. The molecule has 5 aromatic rings. The van der Waals surface area contributed by atoms with Gasteiger partial charge < -0.3 is 4.57 Å². The fourth-order valence-corrected chi connectivity index (χ4v) is 7.48. The van der Waals surface area contributed by atoms with Crippen LogP contribution in [0.2, 0.25) is 0 Å². The Balaban J connectivity index is 1.06. The highest BCUT2D eigenvalue weighted by Gasteiger charge is 2.27. The molecule has 2 aromatic heterocycles. The van der Waals surface area contributed by atoms with Crippen LogP contribution in [0.4, 0.5) is 0 Å². The summed E-state index contributed by atoms with van der Waals surface area (Å²) in [5.41, 5.74) is 8.53. The van der Waals surface area contributed by atoms with Crippen molar-refractivity contribution in [1.82, 2.24) is 14.5 Å². The van der Waals surface area contributed by atoms with Gasteiger partial charge >= 0.3 is 0 Å². The van der Waals surface area contributed by atoms with Crippen molar-refractivity contribution in [2.75, 3.05) is 0 Å². The van der Waals surface area contributed by atoms with E-state index in [4.69, 9.17) is 9.98 Å². The maximum atomic E-state index is 13.5. The number of benzene rings is 3. The van der Waals surface area contributed by atoms with E-state index in [2.05, 4.69) is 71.1 Å². The lowest BCUT2D eigenvalue weighted by molar-refractivity contribution is 0.0937. The molecule has 0 bridgehead atoms. The predicted octanol–water partition coefficient (Wildman–Crippen LogP) is 7.69. The molecule has 39 heavy (non-hydrogen) atoms. The monoisotopic (exact) mass is 532 g/mol. The molecule has 0 radical (unpaired) electrons. The molecule has 7 rings (SSSR count). The molecule has 3 aromatic carbocycles. The first-order chi connectivity index (χ1) is 19.0. The molecule has 2 atom stereocenters. The summed E-state index contributed by atoms with van der Waals surface area (Å²) in [4.78, 5) is 27.7. The van der Waals surface area contributed by atoms with Crippen LogP contribution in [-0.2, 0) is 13.1 Å². The van der Waals surface area contributed by atoms with Gasteiger partial charge in [0.2, 0.25) is 0 Å². The van der Waals surface area contributed by atoms with Crippen LogP contribution in [0.3, 0.4) is 0 Å². The van der Waals surface area contributed by atoms with Gasteiger partial charge in [0.1, 0.15) is 5.82 Å². The molecule has 5 nitrogen and oxygen atoms in total. The number of ketones is 1. The number of thiazole rings is 1. The average Bonchev–Trinajstić information content (AvgIpc) is 3.62. The van der Waals surface area contributed by atoms with Crippen molar-refractivity contribution in [3.8, 4) is 0 Å². The second-order valence-electron chi connectivity index (χ2n) is 11.2. The predicted molar refractivity (Wildman–Crippen MR) is 159 cm³/mol. The molecule has 1 saturated carbocycles. The normalized spacial score (nSPS) is 19.0. The number of hydrogen-bond donors (Lipinski definition) is 0. The zero-order valence-electron chi connectivity index (χ0n) is 22.5. The van der Waals surface area contributed by atoms with Crippen molar-refractivity contribution < 1.29 is 4.79 Å². The van der Waals surface area contributed by atoms with Crippen molar-refractivity contribution >= 4 is 44.1 Å². The second-order valence-corrected chi connectivity index (χ2v) is 12.5. The van der Waals surface area contributed by atoms with Crippen LogP contribution < -0.4 is 0 Å². The van der Waals surface area contributed by atoms with Gasteiger partial charge in [0.15, 0.2) is 5.78 Å². The van der Waals surface area contributed by atoms with Crippen molar-refractivity contribution in [1.29, 1.82) is 0 Å². The minimum atomic E-state index is 0.257. The minimum Gasteiger partial charge on any atom is -0.328 e. The third-order valence-corrected chi connectivity index (χ3v) is 9.45. The Morgan fingerprint density at radius 1 is 0.974 bits per heavy atom. The highest BCUT2D eigenvalue weighted by molar-refractivity contribution is 7.18. The van der Waals surface area contributed by atoms with Crippen molar-refractivity contribution in [2.45, 2.75) is 59.0 Å². The summed E-state index contributed by atoms with van der Waals surface area (Å²) in [6.45, 7) is 5.80. The maximum Gasteiger partial charge on any atom is 0.163 e. The summed E-state index contributed by atoms with van der Waals surface area (Å²) in [5, 5.41) is 1.07. The van der Waals surface area contributed by atoms with Crippen LogP contribution in [-0.4, -0.2) is 26.0 Å². The molecule has 1 aliphatic carbocycles. The lowest BCUT2D eigenvalue weighted by Gasteiger charge is -2.29. The third kappa shape index (κ3) is 4.61. The Morgan fingerprint density at radius 2 is 1.85 bits per heavy atom. The average molecular weight is 533 g/mol. The molecule has 0 spiro atoms. The Labute approximate surface area is 232 Å². The fourth-order valence-electron chi connectivity index (χ4n) is 6.61. The molecule has 0 amide bonds. The number of nitrogens with zero attached hydrogens (tertiary/aromatic N) is 4. The molecular weight excluding hydrogens is 500 g/mol. The lowest BCUT2D eigenvalue weighted by Crippen LogP contribution is -2.22. The van der Waals surface area contributed by atoms with Gasteiger partial charge in [-0.25, -0.2) is 9.97 Å². The minimum absolute atomic E-state index is 0.257. The van der Waals surface area contributed by atoms with Crippen LogP contribution in [0, 0.1) is 25.7 Å². The topological polar surface area (TPSA) is 60.1 Å². The summed E-state index contributed by atoms with van der Waals surface area (Å²) in [6, 6.07) is 21.0. The van der Waals surface area contributed by atoms with Gasteiger partial charge in [0.25, 0.3) is 0 Å². The van der Waals surface area contributed by atoms with Gasteiger partial charge in [-0.1, -0.05) is 36.8 Å². The zero-order valence-corrected chi connectivity index (χ0v) is 23.3. The van der Waals surface area contributed by atoms with Gasteiger partial charge in [-0.2, -0.15) is 0 Å². The molecule has 2 unspecified atom stereocenters. The summed E-state index contributed by atoms with van der Waals surface area (Å²) in [7, 11) is 0. The van der Waals surface area contributed by atoms with E-state index in [9.17, 15) is 4.79 Å². The van der Waals surface area contributed by atoms with Gasteiger partial charge in [0, 0.05) is 29.7 Å². The lowest BCUT2D eigenvalue weighted by atomic mass is 9.78. The summed E-state index contributed by atoms with van der Waals surface area (Å²) in [6.07, 6.45) is 5.27. The van der Waals surface area contributed by atoms with Crippen LogP contribution in [0.25, 0.3) is 21.3 Å². The van der Waals surface area contributed by atoms with Gasteiger partial charge in [-0.3, -0.25) is 9.79 Å². The van der Waals surface area contributed by atoms with E-state index in [0.29, 0.717) is 24.8 Å². The maximum absolute atomic E-state index is 13.5. The molecule has 0 saturated heterocycles. The van der Waals surface area contributed by atoms with Crippen LogP contribution in [0.15, 0.2) is 65.7 Å². The van der Waals surface area contributed by atoms with Gasteiger partial charge in [0.05, 0.1) is 38.5 Å². The van der Waals surface area contributed by atoms with E-state index in [-0.39, 0.29) is 5.78 Å². The van der Waals surface area contributed by atoms with Crippen molar-refractivity contribution in [2.24, 2.45) is 16.8 Å². The number of aryl methyl sites for hydroxylation is 2. The SMILES string of the molecule is Cc1nc2ccc(C3=NCc4ccc(C(=O)CC5CCCC(Cn6c(C)nc7ccccc76)C5)cc43)cc2s1. The van der Waals surface area contributed by atoms with E-state index in [0.717, 1.165) is 63.7 Å². The molecule has 0 N–H and O–H groups in total. The van der Waals surface area contributed by atoms with E-state index in [1.807, 2.05) is 13.0 Å². The summed E-state index contributed by atoms with van der Waals surface area (Å²) in [5.74, 6) is 2.35. The molecule has 6 heteroatoms. The van der Waals surface area contributed by atoms with E-state index in [1.165, 1.54) is 28.6 Å². The Morgan fingerprint density at radius 3 is 2.77 bits per heavy atom. The van der Waals surface area contributed by atoms with E-state index < -0.39 is 0 Å². The number of aromatic nitrogens is 3. The van der Waals surface area contributed by atoms with Gasteiger partial charge in [-0.05, 0) is 80.8 Å². The van der Waals surface area contributed by atoms with Crippen LogP contribution >= 0.6 is 11.3 Å². The second kappa shape index (κ2) is 9.83. The molecule has 196 valence electrons. The quantitative estimate of drug-likeness (QED) is 0.211. The number of carbonyl (C=O) groups is 1. The Bertz CT molecular complexity index is 1760. The molecule has 1 fully saturated rings. The molecule has 2 aliphatic rings. The highest BCUT2D eigenvalue weighted by atomic mass is 32.1. The van der Waals surface area contributed by atoms with E-state index in [1.54, 1.807) is 11.3 Å². The number of fused-ring (bicyclic) bond motifs is 3. The summed E-state index contributed by atoms with van der Waals surface area (Å²) >= 11 is 1.71. The van der Waals surface area contributed by atoms with Crippen molar-refractivity contribution in [3.05, 3.63) is 93.7 Å². The van der Waals surface area contributed by atoms with E-state index >= 15 is 0 Å². The number of carbonyl (C=O) groups excluding carboxylic acids is 1. The van der Waals surface area contributed by atoms with Crippen molar-refractivity contribution in [3.63, 3.8) is 0 Å². The number of rotatable bonds is 6. The first kappa shape index (κ1) is 24.4. The Kier molecular flexibility index (Phi) is 6.15. The number of hydrogen-bond acceptors (Lipinski definition) is 5. The van der Waals surface area contributed by atoms with Gasteiger partial charge in [-0.15, -0.1) is 11.3 Å². The number of para-hydroxylation sites is 2. The van der Waals surface area contributed by atoms with Crippen LogP contribution in [0.1, 0.15) is 70.0 Å². The Hall–Kier alpha value is -3.64. The smallest absolute Gasteiger partial charge is 0.163 e. The summed E-state index contributed by atoms with van der Waals surface area (Å²) < 4.78 is 3.55. The third-order valence-electron chi connectivity index (χ3n) is 8.51. The number of imidazole rings is 1. The standard InChI is InChI=1S/C33H32N4OS/c1-20-35-28-8-3-4-9-30(28)37(20)19-23-7-5-6-22(14-23)15-31(38)24-10-11-26-18-34-33(27(26)16-24)25-12-13-29-32(17-25)39-21(2)36-29/h3-4,8-13,16-17,22-23H,5-7,14-15,18-19H2,1-2H3. The first-order valence-corrected chi connectivity index (χ1v) is 14.8. The zero-order chi connectivity index (χ0) is 26.5. The molecule has 1 aliphatic heterocycles. The van der Waals surface area contributed by atoms with Crippen LogP contribution in [0.5, 0.6) is 0 Å². The number of aliphatic imine (C=N–C) groups is 1. The highest BCUT2D eigenvalue weighted by Crippen LogP contribution is 2.35. The first-order valence-electron chi connectivity index (χ1n) is 14.0. The largest absolute Gasteiger partial charge is 0.328 e. The number of Topliss-reactive ketones (excluding diaryl/α,β-unsaturated/α-hetero) is 1. The fraction of sp³-hybridized carbons (Fsp3) is 0.333.